The van der Waals surface area contributed by atoms with Gasteiger partial charge in [0.15, 0.2) is 0 Å². The molecule has 0 aliphatic carbocycles. The Balaban J connectivity index is 1.69. The second-order valence-corrected chi connectivity index (χ2v) is 7.05. The zero-order chi connectivity index (χ0) is 20.4. The number of nitrogens with one attached hydrogen (secondary N) is 2. The van der Waals surface area contributed by atoms with E-state index in [-0.39, 0.29) is 11.9 Å². The smallest absolute Gasteiger partial charge is 0.222 e. The van der Waals surface area contributed by atoms with E-state index in [9.17, 15) is 4.39 Å². The molecule has 0 amide bonds. The van der Waals surface area contributed by atoms with Crippen molar-refractivity contribution in [1.29, 1.82) is 0 Å². The molecule has 7 heteroatoms. The second-order valence-electron chi connectivity index (χ2n) is 6.65. The first-order valence-corrected chi connectivity index (χ1v) is 9.54. The molecule has 146 valence electrons. The number of fused-ring (bicyclic) bond motifs is 1. The molecule has 2 aromatic heterocycles. The Labute approximate surface area is 173 Å². The number of hydrogen-bond acceptors (Lipinski definition) is 5. The SMILES string of the molecule is CNc1ncc(-c2ccc(F)c(C(C)Nc3c(Cl)cnc4ccccc34)c2)cn1. The van der Waals surface area contributed by atoms with E-state index in [0.717, 1.165) is 27.7 Å². The third-order valence-corrected chi connectivity index (χ3v) is 5.05. The third kappa shape index (κ3) is 3.84. The Kier molecular flexibility index (Phi) is 5.27. The molecule has 5 nitrogen and oxygen atoms in total. The maximum atomic E-state index is 14.6. The molecule has 4 aromatic rings. The molecule has 1 atom stereocenters. The number of halogens is 2. The Morgan fingerprint density at radius 2 is 1.72 bits per heavy atom. The molecule has 0 spiro atoms. The summed E-state index contributed by atoms with van der Waals surface area (Å²) in [6.07, 6.45) is 5.02. The zero-order valence-corrected chi connectivity index (χ0v) is 16.7. The van der Waals surface area contributed by atoms with Crippen LogP contribution in [0.25, 0.3) is 22.0 Å². The fraction of sp³-hybridized carbons (Fsp3) is 0.136. The van der Waals surface area contributed by atoms with Gasteiger partial charge in [0.1, 0.15) is 5.82 Å². The number of anilines is 2. The Bertz CT molecular complexity index is 1160. The summed E-state index contributed by atoms with van der Waals surface area (Å²) in [5, 5.41) is 7.61. The van der Waals surface area contributed by atoms with Gasteiger partial charge in [0.2, 0.25) is 5.95 Å². The Morgan fingerprint density at radius 1 is 0.966 bits per heavy atom. The fourth-order valence-corrected chi connectivity index (χ4v) is 3.42. The quantitative estimate of drug-likeness (QED) is 0.444. The summed E-state index contributed by atoms with van der Waals surface area (Å²) in [7, 11) is 1.76. The Hall–Kier alpha value is -3.25. The van der Waals surface area contributed by atoms with E-state index in [1.54, 1.807) is 31.7 Å². The van der Waals surface area contributed by atoms with Crippen molar-refractivity contribution < 1.29 is 4.39 Å². The first-order chi connectivity index (χ1) is 14.1. The van der Waals surface area contributed by atoms with E-state index < -0.39 is 0 Å². The van der Waals surface area contributed by atoms with Crippen molar-refractivity contribution in [3.8, 4) is 11.1 Å². The number of benzene rings is 2. The molecule has 2 N–H and O–H groups in total. The predicted octanol–water partition coefficient (Wildman–Crippen LogP) is 5.70. The van der Waals surface area contributed by atoms with Gasteiger partial charge in [-0.3, -0.25) is 4.98 Å². The van der Waals surface area contributed by atoms with Crippen molar-refractivity contribution in [1.82, 2.24) is 15.0 Å². The second kappa shape index (κ2) is 8.01. The van der Waals surface area contributed by atoms with E-state index in [0.29, 0.717) is 16.5 Å². The van der Waals surface area contributed by atoms with Crippen molar-refractivity contribution in [3.05, 3.63) is 77.5 Å². The zero-order valence-electron chi connectivity index (χ0n) is 15.9. The normalized spacial score (nSPS) is 12.0. The minimum absolute atomic E-state index is 0.295. The minimum atomic E-state index is -0.323. The van der Waals surface area contributed by atoms with E-state index in [1.807, 2.05) is 37.3 Å². The predicted molar refractivity (Wildman–Crippen MR) is 116 cm³/mol. The van der Waals surface area contributed by atoms with Crippen molar-refractivity contribution in [2.75, 3.05) is 17.7 Å². The number of hydrogen-bond donors (Lipinski definition) is 2. The number of nitrogens with zero attached hydrogens (tertiary/aromatic N) is 3. The molecule has 0 saturated heterocycles. The third-order valence-electron chi connectivity index (χ3n) is 4.76. The highest BCUT2D eigenvalue weighted by atomic mass is 35.5. The van der Waals surface area contributed by atoms with Gasteiger partial charge in [-0.15, -0.1) is 0 Å². The fourth-order valence-electron chi connectivity index (χ4n) is 3.22. The minimum Gasteiger partial charge on any atom is -0.377 e. The molecule has 0 bridgehead atoms. The molecule has 0 radical (unpaired) electrons. The first-order valence-electron chi connectivity index (χ1n) is 9.16. The number of aromatic nitrogens is 3. The Morgan fingerprint density at radius 3 is 2.48 bits per heavy atom. The average molecular weight is 408 g/mol. The molecule has 2 heterocycles. The summed E-state index contributed by atoms with van der Waals surface area (Å²) in [5.74, 6) is 0.237. The maximum absolute atomic E-state index is 14.6. The topological polar surface area (TPSA) is 62.7 Å². The highest BCUT2D eigenvalue weighted by molar-refractivity contribution is 6.34. The van der Waals surface area contributed by atoms with Gasteiger partial charge in [0.05, 0.1) is 22.3 Å². The van der Waals surface area contributed by atoms with Crippen LogP contribution in [0.1, 0.15) is 18.5 Å². The summed E-state index contributed by atoms with van der Waals surface area (Å²) in [4.78, 5) is 12.8. The van der Waals surface area contributed by atoms with Crippen molar-refractivity contribution in [2.45, 2.75) is 13.0 Å². The van der Waals surface area contributed by atoms with E-state index in [1.165, 1.54) is 6.07 Å². The van der Waals surface area contributed by atoms with E-state index in [2.05, 4.69) is 25.6 Å². The lowest BCUT2D eigenvalue weighted by Crippen LogP contribution is -2.10. The lowest BCUT2D eigenvalue weighted by Gasteiger charge is -2.19. The largest absolute Gasteiger partial charge is 0.377 e. The van der Waals surface area contributed by atoms with E-state index in [4.69, 9.17) is 11.6 Å². The van der Waals surface area contributed by atoms with Crippen LogP contribution in [0.15, 0.2) is 61.1 Å². The van der Waals surface area contributed by atoms with Crippen LogP contribution in [0.2, 0.25) is 5.02 Å². The van der Waals surface area contributed by atoms with Crippen LogP contribution in [0.4, 0.5) is 16.0 Å². The van der Waals surface area contributed by atoms with Gasteiger partial charge in [-0.05, 0) is 30.7 Å². The molecule has 0 aliphatic heterocycles. The molecule has 4 rings (SSSR count). The van der Waals surface area contributed by atoms with E-state index >= 15 is 0 Å². The van der Waals surface area contributed by atoms with Crippen LogP contribution in [0.3, 0.4) is 0 Å². The van der Waals surface area contributed by atoms with Gasteiger partial charge in [-0.25, -0.2) is 14.4 Å². The van der Waals surface area contributed by atoms with Crippen LogP contribution in [0.5, 0.6) is 0 Å². The van der Waals surface area contributed by atoms with Gasteiger partial charge in [0, 0.05) is 42.2 Å². The molecule has 29 heavy (non-hydrogen) atoms. The highest BCUT2D eigenvalue weighted by Gasteiger charge is 2.16. The molecule has 0 fully saturated rings. The number of pyridine rings is 1. The van der Waals surface area contributed by atoms with Crippen molar-refractivity contribution in [3.63, 3.8) is 0 Å². The van der Waals surface area contributed by atoms with Crippen LogP contribution >= 0.6 is 11.6 Å². The van der Waals surface area contributed by atoms with Crippen molar-refractivity contribution >= 4 is 34.1 Å². The number of rotatable bonds is 5. The average Bonchev–Trinajstić information content (AvgIpc) is 2.76. The molecule has 0 aliphatic rings. The monoisotopic (exact) mass is 407 g/mol. The van der Waals surface area contributed by atoms with Crippen molar-refractivity contribution in [2.24, 2.45) is 0 Å². The highest BCUT2D eigenvalue weighted by Crippen LogP contribution is 2.34. The van der Waals surface area contributed by atoms with Crippen LogP contribution in [0, 0.1) is 5.82 Å². The lowest BCUT2D eigenvalue weighted by atomic mass is 10.0. The maximum Gasteiger partial charge on any atom is 0.222 e. The van der Waals surface area contributed by atoms with Gasteiger partial charge in [0.25, 0.3) is 0 Å². The summed E-state index contributed by atoms with van der Waals surface area (Å²) >= 11 is 6.39. The summed E-state index contributed by atoms with van der Waals surface area (Å²) in [6.45, 7) is 1.90. The molecule has 2 aromatic carbocycles. The molecule has 0 saturated carbocycles. The van der Waals surface area contributed by atoms with Gasteiger partial charge in [-0.2, -0.15) is 0 Å². The van der Waals surface area contributed by atoms with Gasteiger partial charge < -0.3 is 10.6 Å². The summed E-state index contributed by atoms with van der Waals surface area (Å²) in [5.41, 5.74) is 3.73. The van der Waals surface area contributed by atoms with Gasteiger partial charge >= 0.3 is 0 Å². The standard InChI is InChI=1S/C22H19ClFN5/c1-13(29-21-16-5-3-4-6-20(16)26-12-18(21)23)17-9-14(7-8-19(17)24)15-10-27-22(25-2)28-11-15/h3-13H,1-2H3,(H,26,29)(H,25,27,28). The molecule has 1 unspecified atom stereocenters. The van der Waals surface area contributed by atoms with Crippen LogP contribution in [-0.2, 0) is 0 Å². The summed E-state index contributed by atoms with van der Waals surface area (Å²) in [6, 6.07) is 12.4. The lowest BCUT2D eigenvalue weighted by molar-refractivity contribution is 0.600. The van der Waals surface area contributed by atoms with Gasteiger partial charge in [-0.1, -0.05) is 35.9 Å². The molecular weight excluding hydrogens is 389 g/mol. The molecular formula is C22H19ClFN5. The van der Waals surface area contributed by atoms with Crippen LogP contribution in [-0.4, -0.2) is 22.0 Å². The number of para-hydroxylation sites is 1. The summed E-state index contributed by atoms with van der Waals surface area (Å²) < 4.78 is 14.6. The first kappa shape index (κ1) is 19.1. The van der Waals surface area contributed by atoms with Crippen LogP contribution < -0.4 is 10.6 Å².